The lowest BCUT2D eigenvalue weighted by atomic mass is 10.0. The highest BCUT2D eigenvalue weighted by molar-refractivity contribution is 5.78. The van der Waals surface area contributed by atoms with E-state index in [-0.39, 0.29) is 18.6 Å². The van der Waals surface area contributed by atoms with Crippen molar-refractivity contribution < 1.29 is 14.3 Å². The summed E-state index contributed by atoms with van der Waals surface area (Å²) in [6, 6.07) is 13.6. The quantitative estimate of drug-likeness (QED) is 0.887. The molecule has 0 saturated heterocycles. The molecule has 2 aromatic carbocycles. The first kappa shape index (κ1) is 16.9. The average molecular weight is 313 g/mol. The Hall–Kier alpha value is -2.49. The number of aryl methyl sites for hydroxylation is 2. The minimum atomic E-state index is -0.164. The summed E-state index contributed by atoms with van der Waals surface area (Å²) in [5.41, 5.74) is 3.34. The third-order valence-corrected chi connectivity index (χ3v) is 3.71. The van der Waals surface area contributed by atoms with E-state index < -0.39 is 0 Å². The summed E-state index contributed by atoms with van der Waals surface area (Å²) < 4.78 is 10.8. The van der Waals surface area contributed by atoms with Gasteiger partial charge in [-0.25, -0.2) is 0 Å². The molecule has 2 rings (SSSR count). The van der Waals surface area contributed by atoms with E-state index in [1.165, 1.54) is 0 Å². The summed E-state index contributed by atoms with van der Waals surface area (Å²) in [6.07, 6.45) is 0. The zero-order chi connectivity index (χ0) is 16.8. The number of ether oxygens (including phenoxy) is 2. The molecule has 0 spiro atoms. The largest absolute Gasteiger partial charge is 0.493 e. The first-order valence-electron chi connectivity index (χ1n) is 7.63. The number of carbonyl (C=O) groups is 1. The Kier molecular flexibility index (Phi) is 5.63. The van der Waals surface area contributed by atoms with Crippen LogP contribution in [0.5, 0.6) is 11.5 Å². The minimum Gasteiger partial charge on any atom is -0.493 e. The second kappa shape index (κ2) is 7.68. The summed E-state index contributed by atoms with van der Waals surface area (Å²) in [4.78, 5) is 12.1. The lowest BCUT2D eigenvalue weighted by Gasteiger charge is -2.17. The molecule has 2 aromatic rings. The molecular weight excluding hydrogens is 290 g/mol. The van der Waals surface area contributed by atoms with Gasteiger partial charge in [-0.1, -0.05) is 30.3 Å². The van der Waals surface area contributed by atoms with Crippen molar-refractivity contribution in [3.8, 4) is 11.5 Å². The van der Waals surface area contributed by atoms with Gasteiger partial charge in [0.1, 0.15) is 0 Å². The monoisotopic (exact) mass is 313 g/mol. The van der Waals surface area contributed by atoms with Crippen molar-refractivity contribution in [1.29, 1.82) is 0 Å². The van der Waals surface area contributed by atoms with Gasteiger partial charge in [-0.05, 0) is 49.6 Å². The fraction of sp³-hybridized carbons (Fsp3) is 0.316. The molecule has 23 heavy (non-hydrogen) atoms. The summed E-state index contributed by atoms with van der Waals surface area (Å²) in [5, 5.41) is 2.95. The van der Waals surface area contributed by atoms with Crippen LogP contribution in [0.3, 0.4) is 0 Å². The molecule has 4 heteroatoms. The van der Waals surface area contributed by atoms with Crippen molar-refractivity contribution in [3.63, 3.8) is 0 Å². The number of benzene rings is 2. The van der Waals surface area contributed by atoms with E-state index in [0.717, 1.165) is 16.7 Å². The van der Waals surface area contributed by atoms with Crippen LogP contribution in [-0.4, -0.2) is 19.6 Å². The third kappa shape index (κ3) is 4.49. The van der Waals surface area contributed by atoms with Crippen molar-refractivity contribution >= 4 is 5.91 Å². The van der Waals surface area contributed by atoms with E-state index in [1.807, 2.05) is 63.2 Å². The Bertz CT molecular complexity index is 682. The van der Waals surface area contributed by atoms with Crippen LogP contribution in [0.15, 0.2) is 42.5 Å². The molecule has 1 atom stereocenters. The Morgan fingerprint density at radius 1 is 1.13 bits per heavy atom. The van der Waals surface area contributed by atoms with Gasteiger partial charge in [0.2, 0.25) is 0 Å². The van der Waals surface area contributed by atoms with Crippen LogP contribution >= 0.6 is 0 Å². The predicted octanol–water partition coefficient (Wildman–Crippen LogP) is 3.57. The van der Waals surface area contributed by atoms with Gasteiger partial charge in [0.05, 0.1) is 13.2 Å². The molecule has 1 amide bonds. The standard InChI is InChI=1S/C19H23NO3/c1-13-9-10-17(18(11-13)22-4)23-12-19(21)20-15(3)16-8-6-5-7-14(16)2/h5-11,15H,12H2,1-4H3,(H,20,21). The summed E-state index contributed by atoms with van der Waals surface area (Å²) in [7, 11) is 1.59. The molecule has 0 aliphatic heterocycles. The maximum atomic E-state index is 12.1. The molecule has 4 nitrogen and oxygen atoms in total. The number of hydrogen-bond acceptors (Lipinski definition) is 3. The van der Waals surface area contributed by atoms with Crippen LogP contribution in [0, 0.1) is 13.8 Å². The number of nitrogens with one attached hydrogen (secondary N) is 1. The van der Waals surface area contributed by atoms with Gasteiger partial charge in [0, 0.05) is 0 Å². The topological polar surface area (TPSA) is 47.6 Å². The second-order valence-electron chi connectivity index (χ2n) is 5.59. The highest BCUT2D eigenvalue weighted by Crippen LogP contribution is 2.27. The third-order valence-electron chi connectivity index (χ3n) is 3.71. The Labute approximate surface area is 137 Å². The lowest BCUT2D eigenvalue weighted by Crippen LogP contribution is -2.31. The molecule has 0 aromatic heterocycles. The van der Waals surface area contributed by atoms with Crippen molar-refractivity contribution in [2.75, 3.05) is 13.7 Å². The van der Waals surface area contributed by atoms with Gasteiger partial charge in [0.25, 0.3) is 5.91 Å². The molecule has 1 unspecified atom stereocenters. The maximum Gasteiger partial charge on any atom is 0.258 e. The van der Waals surface area contributed by atoms with Crippen LogP contribution in [0.1, 0.15) is 29.7 Å². The predicted molar refractivity (Wildman–Crippen MR) is 91.0 cm³/mol. The zero-order valence-electron chi connectivity index (χ0n) is 14.1. The minimum absolute atomic E-state index is 0.0460. The number of hydrogen-bond donors (Lipinski definition) is 1. The normalized spacial score (nSPS) is 11.7. The number of methoxy groups -OCH3 is 1. The van der Waals surface area contributed by atoms with Gasteiger partial charge in [-0.15, -0.1) is 0 Å². The van der Waals surface area contributed by atoms with Crippen molar-refractivity contribution in [2.45, 2.75) is 26.8 Å². The van der Waals surface area contributed by atoms with Crippen LogP contribution in [0.25, 0.3) is 0 Å². The molecule has 122 valence electrons. The van der Waals surface area contributed by atoms with Gasteiger partial charge >= 0.3 is 0 Å². The Morgan fingerprint density at radius 2 is 1.87 bits per heavy atom. The maximum absolute atomic E-state index is 12.1. The Morgan fingerprint density at radius 3 is 2.57 bits per heavy atom. The van der Waals surface area contributed by atoms with Crippen LogP contribution in [0.4, 0.5) is 0 Å². The molecule has 0 fully saturated rings. The van der Waals surface area contributed by atoms with Crippen LogP contribution in [-0.2, 0) is 4.79 Å². The molecule has 0 radical (unpaired) electrons. The highest BCUT2D eigenvalue weighted by atomic mass is 16.5. The first-order valence-corrected chi connectivity index (χ1v) is 7.63. The fourth-order valence-electron chi connectivity index (χ4n) is 2.47. The smallest absolute Gasteiger partial charge is 0.258 e. The summed E-state index contributed by atoms with van der Waals surface area (Å²) >= 11 is 0. The SMILES string of the molecule is COc1cc(C)ccc1OCC(=O)NC(C)c1ccccc1C. The second-order valence-corrected chi connectivity index (χ2v) is 5.59. The van der Waals surface area contributed by atoms with Crippen LogP contribution < -0.4 is 14.8 Å². The molecule has 0 saturated carbocycles. The number of carbonyl (C=O) groups excluding carboxylic acids is 1. The fourth-order valence-corrected chi connectivity index (χ4v) is 2.47. The van der Waals surface area contributed by atoms with Gasteiger partial charge in [-0.3, -0.25) is 4.79 Å². The van der Waals surface area contributed by atoms with E-state index in [0.29, 0.717) is 11.5 Å². The lowest BCUT2D eigenvalue weighted by molar-refractivity contribution is -0.123. The van der Waals surface area contributed by atoms with Gasteiger partial charge in [0.15, 0.2) is 18.1 Å². The molecule has 0 aliphatic carbocycles. The van der Waals surface area contributed by atoms with Gasteiger partial charge < -0.3 is 14.8 Å². The van der Waals surface area contributed by atoms with Gasteiger partial charge in [-0.2, -0.15) is 0 Å². The summed E-state index contributed by atoms with van der Waals surface area (Å²) in [5.74, 6) is 1.03. The summed E-state index contributed by atoms with van der Waals surface area (Å²) in [6.45, 7) is 5.93. The molecule has 1 N–H and O–H groups in total. The Balaban J connectivity index is 1.94. The van der Waals surface area contributed by atoms with Crippen molar-refractivity contribution in [2.24, 2.45) is 0 Å². The molecule has 0 bridgehead atoms. The highest BCUT2D eigenvalue weighted by Gasteiger charge is 2.13. The average Bonchev–Trinajstić information content (AvgIpc) is 2.53. The molecule has 0 heterocycles. The van der Waals surface area contributed by atoms with E-state index in [1.54, 1.807) is 7.11 Å². The van der Waals surface area contributed by atoms with E-state index in [9.17, 15) is 4.79 Å². The van der Waals surface area contributed by atoms with E-state index >= 15 is 0 Å². The van der Waals surface area contributed by atoms with E-state index in [4.69, 9.17) is 9.47 Å². The van der Waals surface area contributed by atoms with Crippen molar-refractivity contribution in [1.82, 2.24) is 5.32 Å². The first-order chi connectivity index (χ1) is 11.0. The molecule has 0 aliphatic rings. The number of amides is 1. The van der Waals surface area contributed by atoms with E-state index in [2.05, 4.69) is 5.32 Å². The number of rotatable bonds is 6. The van der Waals surface area contributed by atoms with Crippen LogP contribution in [0.2, 0.25) is 0 Å². The molecular formula is C19H23NO3. The zero-order valence-corrected chi connectivity index (χ0v) is 14.1. The van der Waals surface area contributed by atoms with Crippen molar-refractivity contribution in [3.05, 3.63) is 59.2 Å².